The first kappa shape index (κ1) is 19.3. The molecular formula is C23H32O2Si. The first-order valence-corrected chi connectivity index (χ1v) is 11.7. The van der Waals surface area contributed by atoms with Gasteiger partial charge in [-0.2, -0.15) is 0 Å². The molecule has 0 unspecified atom stereocenters. The normalized spacial score (nSPS) is 18.5. The fourth-order valence-corrected chi connectivity index (χ4v) is 8.53. The second-order valence-electron chi connectivity index (χ2n) is 8.60. The summed E-state index contributed by atoms with van der Waals surface area (Å²) in [6.07, 6.45) is 2.74. The van der Waals surface area contributed by atoms with Crippen LogP contribution in [0.1, 0.15) is 40.5 Å². The molecule has 0 aliphatic carbocycles. The van der Waals surface area contributed by atoms with Crippen LogP contribution in [-0.2, 0) is 9.16 Å². The highest BCUT2D eigenvalue weighted by molar-refractivity contribution is 6.99. The third-order valence-corrected chi connectivity index (χ3v) is 10.5. The van der Waals surface area contributed by atoms with Crippen LogP contribution in [0.5, 0.6) is 0 Å². The van der Waals surface area contributed by atoms with E-state index in [9.17, 15) is 0 Å². The van der Waals surface area contributed by atoms with Gasteiger partial charge in [0.15, 0.2) is 0 Å². The molecule has 0 bridgehead atoms. The number of hydrogen-bond acceptors (Lipinski definition) is 2. The topological polar surface area (TPSA) is 21.8 Å². The van der Waals surface area contributed by atoms with Crippen molar-refractivity contribution in [3.8, 4) is 0 Å². The molecule has 0 saturated carbocycles. The van der Waals surface area contributed by atoms with Gasteiger partial charge in [-0.05, 0) is 34.2 Å². The molecule has 1 heterocycles. The highest BCUT2D eigenvalue weighted by Crippen LogP contribution is 2.37. The van der Waals surface area contributed by atoms with Gasteiger partial charge in [0.05, 0.1) is 12.7 Å². The van der Waals surface area contributed by atoms with Gasteiger partial charge in [-0.3, -0.25) is 0 Å². The van der Waals surface area contributed by atoms with Gasteiger partial charge >= 0.3 is 0 Å². The number of hydrogen-bond donors (Lipinski definition) is 0. The molecular weight excluding hydrogens is 336 g/mol. The molecule has 1 aliphatic heterocycles. The van der Waals surface area contributed by atoms with Crippen molar-refractivity contribution in [3.63, 3.8) is 0 Å². The number of rotatable bonds is 8. The van der Waals surface area contributed by atoms with Gasteiger partial charge in [-0.1, -0.05) is 88.4 Å². The Labute approximate surface area is 159 Å². The van der Waals surface area contributed by atoms with Crippen LogP contribution in [0.25, 0.3) is 0 Å². The molecule has 2 aromatic carbocycles. The Kier molecular flexibility index (Phi) is 6.01. The molecule has 0 amide bonds. The van der Waals surface area contributed by atoms with E-state index in [1.807, 2.05) is 0 Å². The summed E-state index contributed by atoms with van der Waals surface area (Å²) in [7, 11) is -2.37. The van der Waals surface area contributed by atoms with E-state index in [1.54, 1.807) is 0 Å². The average Bonchev–Trinajstić information content (AvgIpc) is 3.43. The summed E-state index contributed by atoms with van der Waals surface area (Å²) in [5.74, 6) is 0.640. The van der Waals surface area contributed by atoms with Crippen molar-refractivity contribution in [3.05, 3.63) is 60.7 Å². The van der Waals surface area contributed by atoms with Crippen molar-refractivity contribution in [1.29, 1.82) is 0 Å². The van der Waals surface area contributed by atoms with Crippen LogP contribution < -0.4 is 10.4 Å². The molecule has 0 N–H and O–H groups in total. The van der Waals surface area contributed by atoms with Gasteiger partial charge in [0, 0.05) is 6.61 Å². The third-order valence-electron chi connectivity index (χ3n) is 5.41. The standard InChI is InChI=1S/C23H32O2Si/c1-19(17-20-18-24-20)15-16-25-26(23(2,3)4,21-11-7-5-8-12-21)22-13-9-6-10-14-22/h5-14,19-20H,15-18H2,1-4H3/t19-,20+/m1/s1. The minimum absolute atomic E-state index is 0.0541. The van der Waals surface area contributed by atoms with Crippen LogP contribution >= 0.6 is 0 Å². The van der Waals surface area contributed by atoms with Crippen LogP contribution in [0.4, 0.5) is 0 Å². The second-order valence-corrected chi connectivity index (χ2v) is 12.9. The maximum atomic E-state index is 6.94. The van der Waals surface area contributed by atoms with Gasteiger partial charge in [-0.15, -0.1) is 0 Å². The maximum absolute atomic E-state index is 6.94. The van der Waals surface area contributed by atoms with Crippen molar-refractivity contribution >= 4 is 18.7 Å². The summed E-state index contributed by atoms with van der Waals surface area (Å²) < 4.78 is 12.3. The summed E-state index contributed by atoms with van der Waals surface area (Å²) in [5.41, 5.74) is 0. The summed E-state index contributed by atoms with van der Waals surface area (Å²) in [5, 5.41) is 2.77. The Morgan fingerprint density at radius 2 is 1.50 bits per heavy atom. The zero-order chi connectivity index (χ0) is 18.6. The Bertz CT molecular complexity index is 635. The van der Waals surface area contributed by atoms with Gasteiger partial charge in [0.25, 0.3) is 8.32 Å². The van der Waals surface area contributed by atoms with Crippen molar-refractivity contribution in [2.75, 3.05) is 13.2 Å². The second kappa shape index (κ2) is 8.08. The largest absolute Gasteiger partial charge is 0.407 e. The molecule has 2 atom stereocenters. The van der Waals surface area contributed by atoms with Crippen LogP contribution in [0.3, 0.4) is 0 Å². The van der Waals surface area contributed by atoms with Crippen molar-refractivity contribution in [2.24, 2.45) is 5.92 Å². The zero-order valence-electron chi connectivity index (χ0n) is 16.6. The maximum Gasteiger partial charge on any atom is 0.261 e. The molecule has 2 nitrogen and oxygen atoms in total. The summed E-state index contributed by atoms with van der Waals surface area (Å²) >= 11 is 0. The number of benzene rings is 2. The monoisotopic (exact) mass is 368 g/mol. The van der Waals surface area contributed by atoms with E-state index >= 15 is 0 Å². The van der Waals surface area contributed by atoms with Crippen molar-refractivity contribution in [1.82, 2.24) is 0 Å². The molecule has 1 aliphatic rings. The molecule has 3 rings (SSSR count). The van der Waals surface area contributed by atoms with Crippen molar-refractivity contribution in [2.45, 2.75) is 51.7 Å². The lowest BCUT2D eigenvalue weighted by molar-refractivity contribution is 0.255. The van der Waals surface area contributed by atoms with E-state index in [4.69, 9.17) is 9.16 Å². The van der Waals surface area contributed by atoms with E-state index in [0.29, 0.717) is 12.0 Å². The van der Waals surface area contributed by atoms with Crippen LogP contribution in [0.2, 0.25) is 5.04 Å². The Hall–Kier alpha value is -1.42. The molecule has 0 spiro atoms. The lowest BCUT2D eigenvalue weighted by Gasteiger charge is -2.43. The molecule has 0 radical (unpaired) electrons. The van der Waals surface area contributed by atoms with E-state index in [1.165, 1.54) is 10.4 Å². The van der Waals surface area contributed by atoms with E-state index in [-0.39, 0.29) is 5.04 Å². The SMILES string of the molecule is C[C@H](CCO[Si](c1ccccc1)(c1ccccc1)C(C)(C)C)C[C@H]1CO1. The first-order valence-electron chi connectivity index (χ1n) is 9.80. The van der Waals surface area contributed by atoms with Crippen LogP contribution in [-0.4, -0.2) is 27.6 Å². The molecule has 2 aromatic rings. The van der Waals surface area contributed by atoms with Crippen molar-refractivity contribution < 1.29 is 9.16 Å². The van der Waals surface area contributed by atoms with E-state index < -0.39 is 8.32 Å². The molecule has 0 aromatic heterocycles. The molecule has 1 fully saturated rings. The Morgan fingerprint density at radius 1 is 1.00 bits per heavy atom. The summed E-state index contributed by atoms with van der Waals surface area (Å²) in [6.45, 7) is 11.1. The highest BCUT2D eigenvalue weighted by atomic mass is 28.4. The van der Waals surface area contributed by atoms with Gasteiger partial charge in [0.1, 0.15) is 0 Å². The van der Waals surface area contributed by atoms with Crippen LogP contribution in [0.15, 0.2) is 60.7 Å². The predicted molar refractivity (Wildman–Crippen MR) is 112 cm³/mol. The minimum atomic E-state index is -2.37. The van der Waals surface area contributed by atoms with Gasteiger partial charge in [0.2, 0.25) is 0 Å². The summed E-state index contributed by atoms with van der Waals surface area (Å²) in [4.78, 5) is 0. The smallest absolute Gasteiger partial charge is 0.261 e. The van der Waals surface area contributed by atoms with Gasteiger partial charge in [-0.25, -0.2) is 0 Å². The molecule has 1 saturated heterocycles. The summed E-state index contributed by atoms with van der Waals surface area (Å²) in [6, 6.07) is 21.8. The Morgan fingerprint density at radius 3 is 1.92 bits per heavy atom. The first-order chi connectivity index (χ1) is 12.4. The quantitative estimate of drug-likeness (QED) is 0.509. The van der Waals surface area contributed by atoms with Crippen LogP contribution in [0, 0.1) is 5.92 Å². The predicted octanol–water partition coefficient (Wildman–Crippen LogP) is 4.38. The fraction of sp³-hybridized carbons (Fsp3) is 0.478. The fourth-order valence-electron chi connectivity index (χ4n) is 3.95. The van der Waals surface area contributed by atoms with Gasteiger partial charge < -0.3 is 9.16 Å². The molecule has 3 heteroatoms. The average molecular weight is 369 g/mol. The third kappa shape index (κ3) is 4.28. The van der Waals surface area contributed by atoms with E-state index in [2.05, 4.69) is 88.4 Å². The highest BCUT2D eigenvalue weighted by Gasteiger charge is 2.50. The lowest BCUT2D eigenvalue weighted by atomic mass is 10.0. The number of ether oxygens (including phenoxy) is 1. The molecule has 140 valence electrons. The Balaban J connectivity index is 1.89. The number of epoxide rings is 1. The zero-order valence-corrected chi connectivity index (χ0v) is 17.6. The molecule has 26 heavy (non-hydrogen) atoms. The minimum Gasteiger partial charge on any atom is -0.407 e. The van der Waals surface area contributed by atoms with E-state index in [0.717, 1.165) is 26.1 Å². The lowest BCUT2D eigenvalue weighted by Crippen LogP contribution is -2.66.